The molecule has 1 aromatic rings. The molecule has 0 saturated carbocycles. The van der Waals surface area contributed by atoms with Gasteiger partial charge in [-0.15, -0.1) is 6.58 Å². The number of piperazine rings is 1. The Morgan fingerprint density at radius 1 is 1.42 bits per heavy atom. The van der Waals surface area contributed by atoms with E-state index in [2.05, 4.69) is 16.8 Å². The van der Waals surface area contributed by atoms with Crippen LogP contribution in [0.1, 0.15) is 24.4 Å². The monoisotopic (exact) mass is 264 g/mol. The van der Waals surface area contributed by atoms with Crippen molar-refractivity contribution in [1.82, 2.24) is 10.2 Å². The highest BCUT2D eigenvalue weighted by Crippen LogP contribution is 2.33. The van der Waals surface area contributed by atoms with Gasteiger partial charge in [-0.05, 0) is 31.0 Å². The summed E-state index contributed by atoms with van der Waals surface area (Å²) >= 11 is 0. The van der Waals surface area contributed by atoms with Gasteiger partial charge in [0.15, 0.2) is 0 Å². The molecule has 1 aliphatic rings. The van der Waals surface area contributed by atoms with Crippen molar-refractivity contribution in [3.8, 4) is 5.75 Å². The maximum atomic E-state index is 13.4. The lowest BCUT2D eigenvalue weighted by atomic mass is 9.98. The number of phenols is 1. The number of nitrogens with one attached hydrogen (secondary N) is 1. The first kappa shape index (κ1) is 14.0. The Balaban J connectivity index is 2.24. The summed E-state index contributed by atoms with van der Waals surface area (Å²) in [5.41, 5.74) is 0.684. The van der Waals surface area contributed by atoms with Crippen LogP contribution < -0.4 is 5.32 Å². The SMILES string of the molecule is C=CCC[C@@H](c1cc(F)ccc1O)N1CCNCC1. The molecule has 3 nitrogen and oxygen atoms in total. The summed E-state index contributed by atoms with van der Waals surface area (Å²) < 4.78 is 13.4. The molecule has 1 heterocycles. The van der Waals surface area contributed by atoms with E-state index >= 15 is 0 Å². The molecular weight excluding hydrogens is 243 g/mol. The Bertz CT molecular complexity index is 430. The molecule has 0 amide bonds. The van der Waals surface area contributed by atoms with E-state index in [4.69, 9.17) is 0 Å². The minimum Gasteiger partial charge on any atom is -0.508 e. The first-order valence-corrected chi connectivity index (χ1v) is 6.76. The van der Waals surface area contributed by atoms with E-state index in [0.29, 0.717) is 5.56 Å². The molecular formula is C15H21FN2O. The predicted molar refractivity (Wildman–Crippen MR) is 74.7 cm³/mol. The molecule has 0 radical (unpaired) electrons. The molecule has 0 bridgehead atoms. The van der Waals surface area contributed by atoms with Gasteiger partial charge in [-0.3, -0.25) is 4.90 Å². The zero-order valence-electron chi connectivity index (χ0n) is 11.1. The zero-order valence-corrected chi connectivity index (χ0v) is 11.1. The van der Waals surface area contributed by atoms with Gasteiger partial charge in [0.05, 0.1) is 0 Å². The Labute approximate surface area is 113 Å². The third-order valence-corrected chi connectivity index (χ3v) is 3.59. The third-order valence-electron chi connectivity index (χ3n) is 3.59. The minimum absolute atomic E-state index is 0.0517. The van der Waals surface area contributed by atoms with Crippen molar-refractivity contribution in [2.24, 2.45) is 0 Å². The van der Waals surface area contributed by atoms with E-state index in [1.165, 1.54) is 18.2 Å². The summed E-state index contributed by atoms with van der Waals surface area (Å²) in [5, 5.41) is 13.3. The molecule has 104 valence electrons. The number of hydrogen-bond donors (Lipinski definition) is 2. The molecule has 19 heavy (non-hydrogen) atoms. The lowest BCUT2D eigenvalue weighted by Crippen LogP contribution is -2.45. The maximum Gasteiger partial charge on any atom is 0.123 e. The van der Waals surface area contributed by atoms with Crippen molar-refractivity contribution in [3.63, 3.8) is 0 Å². The number of aromatic hydroxyl groups is 1. The largest absolute Gasteiger partial charge is 0.508 e. The molecule has 1 aromatic carbocycles. The summed E-state index contributed by atoms with van der Waals surface area (Å²) in [6, 6.07) is 4.23. The molecule has 1 atom stereocenters. The van der Waals surface area contributed by atoms with Crippen LogP contribution in [0.5, 0.6) is 5.75 Å². The molecule has 1 saturated heterocycles. The quantitative estimate of drug-likeness (QED) is 0.802. The first-order valence-electron chi connectivity index (χ1n) is 6.76. The van der Waals surface area contributed by atoms with Gasteiger partial charge in [-0.25, -0.2) is 4.39 Å². The molecule has 4 heteroatoms. The second kappa shape index (κ2) is 6.68. The lowest BCUT2D eigenvalue weighted by molar-refractivity contribution is 0.163. The van der Waals surface area contributed by atoms with Gasteiger partial charge < -0.3 is 10.4 Å². The van der Waals surface area contributed by atoms with Crippen molar-refractivity contribution in [2.45, 2.75) is 18.9 Å². The fourth-order valence-corrected chi connectivity index (χ4v) is 2.60. The topological polar surface area (TPSA) is 35.5 Å². The molecule has 0 unspecified atom stereocenters. The van der Waals surface area contributed by atoms with E-state index < -0.39 is 0 Å². The van der Waals surface area contributed by atoms with Crippen LogP contribution in [-0.4, -0.2) is 36.2 Å². The van der Waals surface area contributed by atoms with Crippen LogP contribution in [-0.2, 0) is 0 Å². The fourth-order valence-electron chi connectivity index (χ4n) is 2.60. The number of benzene rings is 1. The number of phenolic OH excluding ortho intramolecular Hbond substituents is 1. The van der Waals surface area contributed by atoms with Gasteiger partial charge in [0.25, 0.3) is 0 Å². The van der Waals surface area contributed by atoms with Crippen molar-refractivity contribution in [1.29, 1.82) is 0 Å². The number of hydrogen-bond acceptors (Lipinski definition) is 3. The van der Waals surface area contributed by atoms with Gasteiger partial charge in [0, 0.05) is 37.8 Å². The van der Waals surface area contributed by atoms with Crippen LogP contribution in [0.4, 0.5) is 4.39 Å². The van der Waals surface area contributed by atoms with E-state index in [-0.39, 0.29) is 17.6 Å². The van der Waals surface area contributed by atoms with Gasteiger partial charge in [0.2, 0.25) is 0 Å². The number of halogens is 1. The van der Waals surface area contributed by atoms with Crippen molar-refractivity contribution in [3.05, 3.63) is 42.2 Å². The summed E-state index contributed by atoms with van der Waals surface area (Å²) in [5.74, 6) is -0.125. The van der Waals surface area contributed by atoms with Crippen LogP contribution in [0.3, 0.4) is 0 Å². The Morgan fingerprint density at radius 2 is 2.16 bits per heavy atom. The van der Waals surface area contributed by atoms with Crippen molar-refractivity contribution < 1.29 is 9.50 Å². The van der Waals surface area contributed by atoms with Gasteiger partial charge in [0.1, 0.15) is 11.6 Å². The predicted octanol–water partition coefficient (Wildman–Crippen LogP) is 2.44. The lowest BCUT2D eigenvalue weighted by Gasteiger charge is -2.35. The first-order chi connectivity index (χ1) is 9.22. The second-order valence-electron chi connectivity index (χ2n) is 4.87. The average molecular weight is 264 g/mol. The molecule has 0 aliphatic carbocycles. The highest BCUT2D eigenvalue weighted by atomic mass is 19.1. The van der Waals surface area contributed by atoms with Crippen LogP contribution >= 0.6 is 0 Å². The summed E-state index contributed by atoms with van der Waals surface area (Å²) in [6.45, 7) is 7.44. The van der Waals surface area contributed by atoms with Gasteiger partial charge in [-0.1, -0.05) is 6.08 Å². The van der Waals surface area contributed by atoms with Crippen LogP contribution in [0.15, 0.2) is 30.9 Å². The van der Waals surface area contributed by atoms with Crippen molar-refractivity contribution >= 4 is 0 Å². The fraction of sp³-hybridized carbons (Fsp3) is 0.467. The van der Waals surface area contributed by atoms with Gasteiger partial charge in [-0.2, -0.15) is 0 Å². The molecule has 0 aromatic heterocycles. The summed E-state index contributed by atoms with van der Waals surface area (Å²) in [7, 11) is 0. The molecule has 0 spiro atoms. The smallest absolute Gasteiger partial charge is 0.123 e. The molecule has 1 fully saturated rings. The molecule has 1 aliphatic heterocycles. The zero-order chi connectivity index (χ0) is 13.7. The average Bonchev–Trinajstić information content (AvgIpc) is 2.44. The second-order valence-corrected chi connectivity index (χ2v) is 4.87. The van der Waals surface area contributed by atoms with Crippen LogP contribution in [0, 0.1) is 5.82 Å². The highest BCUT2D eigenvalue weighted by Gasteiger charge is 2.24. The number of allylic oxidation sites excluding steroid dienone is 1. The standard InChI is InChI=1S/C15H21FN2O/c1-2-3-4-14(18-9-7-17-8-10-18)13-11-12(16)5-6-15(13)19/h2,5-6,11,14,17,19H,1,3-4,7-10H2/t14-/m0/s1. The molecule has 2 rings (SSSR count). The molecule has 2 N–H and O–H groups in total. The third kappa shape index (κ3) is 3.55. The number of rotatable bonds is 5. The van der Waals surface area contributed by atoms with E-state index in [1.807, 2.05) is 6.08 Å². The Hall–Kier alpha value is -1.39. The Kier molecular flexibility index (Phi) is 4.93. The maximum absolute atomic E-state index is 13.4. The van der Waals surface area contributed by atoms with Gasteiger partial charge >= 0.3 is 0 Å². The van der Waals surface area contributed by atoms with E-state index in [0.717, 1.165) is 39.0 Å². The minimum atomic E-state index is -0.300. The van der Waals surface area contributed by atoms with Crippen LogP contribution in [0.2, 0.25) is 0 Å². The Morgan fingerprint density at radius 3 is 2.84 bits per heavy atom. The highest BCUT2D eigenvalue weighted by molar-refractivity contribution is 5.35. The van der Waals surface area contributed by atoms with E-state index in [1.54, 1.807) is 0 Å². The summed E-state index contributed by atoms with van der Waals surface area (Å²) in [6.07, 6.45) is 3.57. The number of nitrogens with zero attached hydrogens (tertiary/aromatic N) is 1. The summed E-state index contributed by atoms with van der Waals surface area (Å²) in [4.78, 5) is 2.30. The normalized spacial score (nSPS) is 18.2. The van der Waals surface area contributed by atoms with Crippen LogP contribution in [0.25, 0.3) is 0 Å². The van der Waals surface area contributed by atoms with Crippen molar-refractivity contribution in [2.75, 3.05) is 26.2 Å². The van der Waals surface area contributed by atoms with E-state index in [9.17, 15) is 9.50 Å².